The summed E-state index contributed by atoms with van der Waals surface area (Å²) in [7, 11) is 0. The van der Waals surface area contributed by atoms with Gasteiger partial charge in [0.05, 0.1) is 23.4 Å². The number of aliphatic carboxylic acids is 3. The normalized spacial score (nSPS) is 15.8. The zero-order valence-electron chi connectivity index (χ0n) is 22.1. The van der Waals surface area contributed by atoms with Gasteiger partial charge in [-0.1, -0.05) is 29.8 Å². The topological polar surface area (TPSA) is 183 Å². The summed E-state index contributed by atoms with van der Waals surface area (Å²) < 4.78 is 25.3. The minimum Gasteiger partial charge on any atom is -0.481 e. The first kappa shape index (κ1) is 31.6. The molecule has 2 heterocycles. The van der Waals surface area contributed by atoms with Gasteiger partial charge in [0.1, 0.15) is 5.82 Å². The fourth-order valence-electron chi connectivity index (χ4n) is 4.83. The molecule has 2 aromatic carbocycles. The Kier molecular flexibility index (Phi) is 10.1. The van der Waals surface area contributed by atoms with Crippen molar-refractivity contribution in [2.75, 3.05) is 19.9 Å². The molecule has 0 spiro atoms. The number of fused-ring (bicyclic) bond motifs is 1. The number of carbonyl (C=O) groups is 4. The van der Waals surface area contributed by atoms with E-state index in [9.17, 15) is 23.6 Å². The third-order valence-electron chi connectivity index (χ3n) is 6.69. The van der Waals surface area contributed by atoms with Crippen LogP contribution in [0.2, 0.25) is 5.02 Å². The van der Waals surface area contributed by atoms with Crippen LogP contribution in [0.1, 0.15) is 43.7 Å². The van der Waals surface area contributed by atoms with Crippen molar-refractivity contribution in [3.05, 3.63) is 58.4 Å². The van der Waals surface area contributed by atoms with Gasteiger partial charge in [-0.2, -0.15) is 0 Å². The van der Waals surface area contributed by atoms with E-state index >= 15 is 0 Å². The van der Waals surface area contributed by atoms with E-state index in [0.29, 0.717) is 41.5 Å². The third-order valence-corrected chi connectivity index (χ3v) is 6.97. The molecule has 14 heteroatoms. The lowest BCUT2D eigenvalue weighted by Crippen LogP contribution is -2.52. The van der Waals surface area contributed by atoms with E-state index in [0.717, 1.165) is 18.7 Å². The Morgan fingerprint density at radius 3 is 2.20 bits per heavy atom. The summed E-state index contributed by atoms with van der Waals surface area (Å²) in [5, 5.41) is 37.4. The number of carboxylic acid groups (broad SMARTS) is 3. The van der Waals surface area contributed by atoms with E-state index in [1.54, 1.807) is 12.1 Å². The number of halogens is 2. The van der Waals surface area contributed by atoms with Gasteiger partial charge in [0.15, 0.2) is 17.1 Å². The lowest BCUT2D eigenvalue weighted by molar-refractivity contribution is -0.170. The fourth-order valence-corrected chi connectivity index (χ4v) is 5.11. The van der Waals surface area contributed by atoms with Crippen LogP contribution >= 0.6 is 11.6 Å². The molecule has 41 heavy (non-hydrogen) atoms. The number of nitrogens with one attached hydrogen (secondary N) is 1. The van der Waals surface area contributed by atoms with Crippen LogP contribution in [0.25, 0.3) is 0 Å². The van der Waals surface area contributed by atoms with Crippen LogP contribution in [0.3, 0.4) is 0 Å². The number of hydrogen-bond donors (Lipinski definition) is 5. The van der Waals surface area contributed by atoms with Crippen LogP contribution in [0, 0.1) is 5.82 Å². The molecule has 5 N–H and O–H groups in total. The number of aliphatic hydroxyl groups is 1. The zero-order valence-corrected chi connectivity index (χ0v) is 22.8. The van der Waals surface area contributed by atoms with Crippen molar-refractivity contribution in [1.82, 2.24) is 10.2 Å². The smallest absolute Gasteiger partial charge is 0.336 e. The van der Waals surface area contributed by atoms with Crippen molar-refractivity contribution >= 4 is 35.4 Å². The SMILES string of the molecule is CC(=O)NC1(c2ccccc2F)CCN(Cc2cc(Cl)c3c(c2)OCO3)CC1.O=C(O)CC(O)(CC(=O)O)C(=O)O. The number of piperidine rings is 1. The summed E-state index contributed by atoms with van der Waals surface area (Å²) in [5.41, 5.74) is -1.83. The number of benzene rings is 2. The summed E-state index contributed by atoms with van der Waals surface area (Å²) in [6, 6.07) is 10.5. The van der Waals surface area contributed by atoms with Crippen LogP contribution in [0.5, 0.6) is 11.5 Å². The molecular weight excluding hydrogens is 567 g/mol. The molecule has 222 valence electrons. The molecular formula is C27H30ClFN2O10. The van der Waals surface area contributed by atoms with Crippen molar-refractivity contribution < 1.29 is 53.5 Å². The van der Waals surface area contributed by atoms with E-state index < -0.39 is 41.9 Å². The maximum Gasteiger partial charge on any atom is 0.336 e. The number of nitrogens with zero attached hydrogens (tertiary/aromatic N) is 1. The Hall–Kier alpha value is -3.94. The average molecular weight is 597 g/mol. The number of ether oxygens (including phenoxy) is 2. The Morgan fingerprint density at radius 1 is 1.05 bits per heavy atom. The second-order valence-electron chi connectivity index (χ2n) is 9.81. The first-order valence-electron chi connectivity index (χ1n) is 12.5. The van der Waals surface area contributed by atoms with Crippen molar-refractivity contribution in [1.29, 1.82) is 0 Å². The Balaban J connectivity index is 0.000000302. The highest BCUT2D eigenvalue weighted by Crippen LogP contribution is 2.41. The highest BCUT2D eigenvalue weighted by molar-refractivity contribution is 6.32. The molecule has 1 amide bonds. The van der Waals surface area contributed by atoms with Gasteiger partial charge in [-0.25, -0.2) is 9.18 Å². The van der Waals surface area contributed by atoms with Gasteiger partial charge in [-0.15, -0.1) is 0 Å². The summed E-state index contributed by atoms with van der Waals surface area (Å²) in [6.07, 6.45) is -1.03. The average Bonchev–Trinajstić information content (AvgIpc) is 3.34. The number of carboxylic acids is 3. The second kappa shape index (κ2) is 13.1. The molecule has 1 fully saturated rings. The number of carbonyl (C=O) groups excluding carboxylic acids is 1. The molecule has 0 saturated carbocycles. The van der Waals surface area contributed by atoms with E-state index in [2.05, 4.69) is 10.2 Å². The highest BCUT2D eigenvalue weighted by atomic mass is 35.5. The van der Waals surface area contributed by atoms with Gasteiger partial charge in [-0.3, -0.25) is 19.3 Å². The molecule has 0 unspecified atom stereocenters. The first-order valence-corrected chi connectivity index (χ1v) is 12.9. The minimum atomic E-state index is -2.74. The van der Waals surface area contributed by atoms with Crippen molar-refractivity contribution in [3.8, 4) is 11.5 Å². The molecule has 2 aliphatic rings. The summed E-state index contributed by atoms with van der Waals surface area (Å²) in [4.78, 5) is 44.6. The van der Waals surface area contributed by atoms with Gasteiger partial charge >= 0.3 is 17.9 Å². The van der Waals surface area contributed by atoms with Crippen LogP contribution < -0.4 is 14.8 Å². The number of hydrogen-bond acceptors (Lipinski definition) is 8. The molecule has 2 aliphatic heterocycles. The Morgan fingerprint density at radius 2 is 1.66 bits per heavy atom. The van der Waals surface area contributed by atoms with Gasteiger partial charge in [-0.05, 0) is 36.6 Å². The van der Waals surface area contributed by atoms with Crippen LogP contribution in [0.15, 0.2) is 36.4 Å². The fraction of sp³-hybridized carbons (Fsp3) is 0.407. The molecule has 12 nitrogen and oxygen atoms in total. The van der Waals surface area contributed by atoms with Crippen LogP contribution in [0.4, 0.5) is 4.39 Å². The van der Waals surface area contributed by atoms with Gasteiger partial charge in [0.25, 0.3) is 0 Å². The lowest BCUT2D eigenvalue weighted by Gasteiger charge is -2.42. The van der Waals surface area contributed by atoms with Crippen LogP contribution in [-0.2, 0) is 31.3 Å². The van der Waals surface area contributed by atoms with E-state index in [1.807, 2.05) is 18.2 Å². The van der Waals surface area contributed by atoms with Crippen molar-refractivity contribution in [2.45, 2.75) is 50.3 Å². The van der Waals surface area contributed by atoms with Crippen molar-refractivity contribution in [3.63, 3.8) is 0 Å². The van der Waals surface area contributed by atoms with E-state index in [4.69, 9.17) is 41.5 Å². The third kappa shape index (κ3) is 8.06. The van der Waals surface area contributed by atoms with Crippen molar-refractivity contribution in [2.24, 2.45) is 0 Å². The number of rotatable bonds is 9. The highest BCUT2D eigenvalue weighted by Gasteiger charge is 2.41. The predicted molar refractivity (Wildman–Crippen MR) is 141 cm³/mol. The largest absolute Gasteiger partial charge is 0.481 e. The monoisotopic (exact) mass is 596 g/mol. The maximum atomic E-state index is 14.5. The Bertz CT molecular complexity index is 1300. The first-order chi connectivity index (χ1) is 19.2. The van der Waals surface area contributed by atoms with Gasteiger partial charge < -0.3 is 35.2 Å². The summed E-state index contributed by atoms with van der Waals surface area (Å²) >= 11 is 6.28. The molecule has 0 aromatic heterocycles. The maximum absolute atomic E-state index is 14.5. The van der Waals surface area contributed by atoms with Gasteiger partial charge in [0.2, 0.25) is 12.7 Å². The molecule has 0 radical (unpaired) electrons. The summed E-state index contributed by atoms with van der Waals surface area (Å²) in [6.45, 7) is 3.80. The predicted octanol–water partition coefficient (Wildman–Crippen LogP) is 2.59. The number of amides is 1. The lowest BCUT2D eigenvalue weighted by atomic mass is 9.80. The molecule has 4 rings (SSSR count). The molecule has 0 aliphatic carbocycles. The Labute approximate surface area is 239 Å². The summed E-state index contributed by atoms with van der Waals surface area (Å²) in [5.74, 6) is -4.20. The molecule has 0 atom stereocenters. The van der Waals surface area contributed by atoms with E-state index in [1.165, 1.54) is 13.0 Å². The zero-order chi connectivity index (χ0) is 30.4. The minimum absolute atomic E-state index is 0.153. The second-order valence-corrected chi connectivity index (χ2v) is 10.2. The standard InChI is InChI=1S/C21H22ClFN2O3.C6H8O7/c1-14(26)24-21(16-4-2-3-5-18(16)23)6-8-25(9-7-21)12-15-10-17(22)20-19(11-15)27-13-28-20;7-3(8)1-6(13,5(11)12)2-4(9)10/h2-5,10-11H,6-9,12-13H2,1H3,(H,24,26);13H,1-2H2,(H,7,8)(H,9,10)(H,11,12). The van der Waals surface area contributed by atoms with E-state index in [-0.39, 0.29) is 18.5 Å². The molecule has 1 saturated heterocycles. The quantitative estimate of drug-likeness (QED) is 0.287. The number of likely N-dealkylation sites (tertiary alicyclic amines) is 1. The molecule has 0 bridgehead atoms. The molecule has 2 aromatic rings. The van der Waals surface area contributed by atoms with Gasteiger partial charge in [0, 0.05) is 32.1 Å². The van der Waals surface area contributed by atoms with Crippen LogP contribution in [-0.4, -0.2) is 74.6 Å².